The van der Waals surface area contributed by atoms with Crippen molar-refractivity contribution in [1.29, 1.82) is 0 Å². The van der Waals surface area contributed by atoms with Crippen LogP contribution in [-0.2, 0) is 0 Å². The summed E-state index contributed by atoms with van der Waals surface area (Å²) in [6, 6.07) is 73.8. The Morgan fingerprint density at radius 1 is 0.377 bits per heavy atom. The lowest BCUT2D eigenvalue weighted by atomic mass is 9.99. The monoisotopic (exact) mass is 912 g/mol. The van der Waals surface area contributed by atoms with E-state index in [-0.39, 0.29) is 11.6 Å². The van der Waals surface area contributed by atoms with E-state index in [4.69, 9.17) is 8.75 Å². The van der Waals surface area contributed by atoms with Crippen LogP contribution in [0.25, 0.3) is 94.2 Å². The van der Waals surface area contributed by atoms with Gasteiger partial charge in [0, 0.05) is 33.4 Å². The normalized spacial score (nSPS) is 11.5. The van der Waals surface area contributed by atoms with E-state index in [0.717, 1.165) is 78.2 Å². The largest absolute Gasteiger partial charge is 0.309 e. The molecule has 4 nitrogen and oxygen atoms in total. The van der Waals surface area contributed by atoms with Gasteiger partial charge in [-0.25, -0.2) is 8.78 Å². The molecule has 0 aliphatic carbocycles. The van der Waals surface area contributed by atoms with E-state index < -0.39 is 0 Å². The Balaban J connectivity index is 0.936. The average Bonchev–Trinajstić information content (AvgIpc) is 4.02. The van der Waals surface area contributed by atoms with Gasteiger partial charge in [0.05, 0.1) is 28.4 Å². The molecule has 10 aromatic carbocycles. The van der Waals surface area contributed by atoms with Crippen molar-refractivity contribution in [2.75, 3.05) is 4.90 Å². The van der Waals surface area contributed by atoms with Gasteiger partial charge >= 0.3 is 0 Å². The second kappa shape index (κ2) is 17.3. The Morgan fingerprint density at radius 2 is 0.754 bits per heavy atom. The third-order valence-electron chi connectivity index (χ3n) is 13.2. The number of fused-ring (bicyclic) bond motifs is 4. The summed E-state index contributed by atoms with van der Waals surface area (Å²) in [6.45, 7) is 4.24. The van der Waals surface area contributed by atoms with Gasteiger partial charge in [-0.1, -0.05) is 132 Å². The number of anilines is 3. The summed E-state index contributed by atoms with van der Waals surface area (Å²) in [7, 11) is 0. The maximum absolute atomic E-state index is 13.8. The Morgan fingerprint density at radius 3 is 1.22 bits per heavy atom. The third-order valence-corrected chi connectivity index (χ3v) is 13.7. The quantitative estimate of drug-likeness (QED) is 0.145. The fourth-order valence-corrected chi connectivity index (χ4v) is 10.1. The summed E-state index contributed by atoms with van der Waals surface area (Å²) in [5.41, 5.74) is 20.7. The van der Waals surface area contributed by atoms with Gasteiger partial charge in [0.15, 0.2) is 0 Å². The van der Waals surface area contributed by atoms with Crippen molar-refractivity contribution >= 4 is 61.6 Å². The zero-order valence-corrected chi connectivity index (χ0v) is 38.6. The second-order valence-corrected chi connectivity index (χ2v) is 18.1. The van der Waals surface area contributed by atoms with Gasteiger partial charge < -0.3 is 9.47 Å². The fraction of sp³-hybridized carbons (Fsp3) is 0.0323. The molecule has 7 heteroatoms. The van der Waals surface area contributed by atoms with E-state index in [2.05, 4.69) is 193 Å². The summed E-state index contributed by atoms with van der Waals surface area (Å²) in [5.74, 6) is -0.538. The van der Waals surface area contributed by atoms with E-state index in [1.54, 1.807) is 24.3 Å². The average molecular weight is 913 g/mol. The second-order valence-electron chi connectivity index (χ2n) is 17.6. The van der Waals surface area contributed by atoms with Gasteiger partial charge in [-0.05, 0) is 161 Å². The van der Waals surface area contributed by atoms with Crippen molar-refractivity contribution < 1.29 is 8.78 Å². The standard InChI is InChI=1S/C62H42F2N4S/c1-39-3-7-45(8-4-39)48-21-34-58-56(37-48)57-38-49(46-9-5-40(2)6-10-46)22-35-59(57)68(58)54-31-19-47(20-32-54)55-33-36-60(62-61(55)65-69-66-62)67(52-27-15-43(16-28-52)41-11-23-50(63)24-12-41)53-29-17-44(18-30-53)42-13-25-51(64)26-14-42/h3-38H,1-2H3. The van der Waals surface area contributed by atoms with Crippen LogP contribution in [0.2, 0.25) is 0 Å². The first-order valence-corrected chi connectivity index (χ1v) is 23.6. The van der Waals surface area contributed by atoms with Crippen molar-refractivity contribution in [2.45, 2.75) is 13.8 Å². The SMILES string of the molecule is Cc1ccc(-c2ccc3c(c2)c2cc(-c4ccc(C)cc4)ccc2n3-c2ccc(-c3ccc(N(c4ccc(-c5ccc(F)cc5)cc4)c4ccc(-c5ccc(F)cc5)cc4)c4nsnc34)cc2)cc1. The Labute approximate surface area is 403 Å². The lowest BCUT2D eigenvalue weighted by Gasteiger charge is -2.26. The molecule has 0 radical (unpaired) electrons. The zero-order chi connectivity index (χ0) is 46.6. The van der Waals surface area contributed by atoms with Gasteiger partial charge in [0.25, 0.3) is 0 Å². The number of rotatable bonds is 9. The molecular formula is C62H42F2N4S. The predicted molar refractivity (Wildman–Crippen MR) is 283 cm³/mol. The van der Waals surface area contributed by atoms with E-state index in [1.807, 2.05) is 0 Å². The van der Waals surface area contributed by atoms with E-state index in [0.29, 0.717) is 0 Å². The molecule has 0 fully saturated rings. The van der Waals surface area contributed by atoms with Crippen LogP contribution in [0, 0.1) is 25.5 Å². The van der Waals surface area contributed by atoms with Crippen molar-refractivity contribution in [2.24, 2.45) is 0 Å². The van der Waals surface area contributed by atoms with E-state index >= 15 is 0 Å². The first-order valence-electron chi connectivity index (χ1n) is 22.9. The minimum Gasteiger partial charge on any atom is -0.309 e. The van der Waals surface area contributed by atoms with Crippen LogP contribution in [0.3, 0.4) is 0 Å². The number of hydrogen-bond acceptors (Lipinski definition) is 4. The summed E-state index contributed by atoms with van der Waals surface area (Å²) in [4.78, 5) is 2.19. The Kier molecular flexibility index (Phi) is 10.5. The lowest BCUT2D eigenvalue weighted by molar-refractivity contribution is 0.627. The molecule has 0 saturated heterocycles. The molecule has 330 valence electrons. The molecule has 0 aliphatic heterocycles. The predicted octanol–water partition coefficient (Wildman–Crippen LogP) is 17.5. The molecule has 0 aliphatic rings. The van der Waals surface area contributed by atoms with Crippen LogP contribution in [-0.4, -0.2) is 13.3 Å². The maximum atomic E-state index is 13.8. The summed E-state index contributed by atoms with van der Waals surface area (Å²) in [6.07, 6.45) is 0. The molecule has 0 unspecified atom stereocenters. The van der Waals surface area contributed by atoms with Gasteiger partial charge in [-0.15, -0.1) is 0 Å². The molecule has 2 heterocycles. The van der Waals surface area contributed by atoms with Crippen LogP contribution in [0.1, 0.15) is 11.1 Å². The first-order chi connectivity index (χ1) is 33.8. The highest BCUT2D eigenvalue weighted by molar-refractivity contribution is 7.00. The highest BCUT2D eigenvalue weighted by Gasteiger charge is 2.21. The number of benzene rings is 10. The van der Waals surface area contributed by atoms with Crippen LogP contribution in [0.15, 0.2) is 218 Å². The van der Waals surface area contributed by atoms with Crippen molar-refractivity contribution in [1.82, 2.24) is 13.3 Å². The van der Waals surface area contributed by atoms with Gasteiger partial charge in [0.2, 0.25) is 0 Å². The van der Waals surface area contributed by atoms with Gasteiger partial charge in [-0.2, -0.15) is 8.75 Å². The molecule has 0 atom stereocenters. The number of aromatic nitrogens is 3. The zero-order valence-electron chi connectivity index (χ0n) is 37.7. The van der Waals surface area contributed by atoms with Crippen molar-refractivity contribution in [3.8, 4) is 61.3 Å². The highest BCUT2D eigenvalue weighted by atomic mass is 32.1. The summed E-state index contributed by atoms with van der Waals surface area (Å²) >= 11 is 1.20. The first kappa shape index (κ1) is 41.9. The Hall–Kier alpha value is -8.52. The van der Waals surface area contributed by atoms with E-state index in [1.165, 1.54) is 80.1 Å². The van der Waals surface area contributed by atoms with E-state index in [9.17, 15) is 8.78 Å². The molecule has 2 aromatic heterocycles. The Bertz CT molecular complexity index is 3630. The summed E-state index contributed by atoms with van der Waals surface area (Å²) in [5, 5.41) is 2.40. The van der Waals surface area contributed by atoms with Crippen LogP contribution in [0.4, 0.5) is 25.8 Å². The van der Waals surface area contributed by atoms with Crippen LogP contribution in [0.5, 0.6) is 0 Å². The third kappa shape index (κ3) is 7.82. The fourth-order valence-electron chi connectivity index (χ4n) is 9.53. The molecule has 0 bridgehead atoms. The molecule has 0 amide bonds. The van der Waals surface area contributed by atoms with Gasteiger partial charge in [0.1, 0.15) is 22.7 Å². The molecule has 0 spiro atoms. The smallest absolute Gasteiger partial charge is 0.129 e. The maximum Gasteiger partial charge on any atom is 0.129 e. The minimum atomic E-state index is -0.269. The van der Waals surface area contributed by atoms with Crippen LogP contribution < -0.4 is 4.90 Å². The van der Waals surface area contributed by atoms with Crippen molar-refractivity contribution in [3.63, 3.8) is 0 Å². The molecule has 12 aromatic rings. The molecule has 12 rings (SSSR count). The van der Waals surface area contributed by atoms with Crippen molar-refractivity contribution in [3.05, 3.63) is 241 Å². The number of hydrogen-bond donors (Lipinski definition) is 0. The number of halogens is 2. The topological polar surface area (TPSA) is 34.0 Å². The lowest BCUT2D eigenvalue weighted by Crippen LogP contribution is -2.10. The highest BCUT2D eigenvalue weighted by Crippen LogP contribution is 2.43. The molecule has 0 saturated carbocycles. The van der Waals surface area contributed by atoms with Crippen LogP contribution >= 0.6 is 11.7 Å². The number of nitrogens with zero attached hydrogens (tertiary/aromatic N) is 4. The van der Waals surface area contributed by atoms with Gasteiger partial charge in [-0.3, -0.25) is 0 Å². The molecular weight excluding hydrogens is 871 g/mol. The molecule has 69 heavy (non-hydrogen) atoms. The summed E-state index contributed by atoms with van der Waals surface area (Å²) < 4.78 is 39.8. The minimum absolute atomic E-state index is 0.269. The molecule has 0 N–H and O–H groups in total. The number of aryl methyl sites for hydroxylation is 2.